The highest BCUT2D eigenvalue weighted by Gasteiger charge is 2.33. The zero-order chi connectivity index (χ0) is 27.7. The minimum Gasteiger partial charge on any atom is -0.497 e. The second-order valence-corrected chi connectivity index (χ2v) is 11.8. The van der Waals surface area contributed by atoms with E-state index < -0.39 is 27.6 Å². The van der Waals surface area contributed by atoms with E-state index in [-0.39, 0.29) is 37.2 Å². The third-order valence-electron chi connectivity index (χ3n) is 6.44. The standard InChI is InChI=1S/C25H29F3N4O5S/c1-16(2)38(34,35)31-11-9-18(10-12-31)23(33)30-24-29-21-14-19(36-3)7-8-22(21)32(24)15-17-5-4-6-20(13-17)37-25(26,27)28/h4-8,13-14,16,18H,9-12,15H2,1-3H3,(H,29,30,33). The lowest BCUT2D eigenvalue weighted by atomic mass is 9.97. The van der Waals surface area contributed by atoms with Gasteiger partial charge in [0.15, 0.2) is 0 Å². The molecule has 2 aromatic carbocycles. The van der Waals surface area contributed by atoms with Crippen molar-refractivity contribution in [1.82, 2.24) is 13.9 Å². The van der Waals surface area contributed by atoms with Crippen LogP contribution < -0.4 is 14.8 Å². The lowest BCUT2D eigenvalue weighted by Gasteiger charge is -2.31. The number of carbonyl (C=O) groups is 1. The zero-order valence-electron chi connectivity index (χ0n) is 21.2. The minimum atomic E-state index is -4.82. The van der Waals surface area contributed by atoms with Gasteiger partial charge in [-0.25, -0.2) is 17.7 Å². The molecule has 0 saturated carbocycles. The molecule has 0 spiro atoms. The molecular formula is C25H29F3N4O5S. The number of aromatic nitrogens is 2. The summed E-state index contributed by atoms with van der Waals surface area (Å²) in [4.78, 5) is 17.7. The Morgan fingerprint density at radius 2 is 1.84 bits per heavy atom. The predicted molar refractivity (Wildman–Crippen MR) is 135 cm³/mol. The number of imidazole rings is 1. The minimum absolute atomic E-state index is 0.110. The van der Waals surface area contributed by atoms with Gasteiger partial charge in [0, 0.05) is 25.1 Å². The predicted octanol–water partition coefficient (Wildman–Crippen LogP) is 4.38. The number of hydrogen-bond acceptors (Lipinski definition) is 6. The largest absolute Gasteiger partial charge is 0.573 e. The van der Waals surface area contributed by atoms with Crippen molar-refractivity contribution in [1.29, 1.82) is 0 Å². The van der Waals surface area contributed by atoms with Crippen LogP contribution in [-0.4, -0.2) is 60.0 Å². The van der Waals surface area contributed by atoms with E-state index in [0.29, 0.717) is 35.2 Å². The fraction of sp³-hybridized carbons (Fsp3) is 0.440. The zero-order valence-corrected chi connectivity index (χ0v) is 22.0. The van der Waals surface area contributed by atoms with Crippen LogP contribution in [-0.2, 0) is 21.4 Å². The normalized spacial score (nSPS) is 15.7. The number of benzene rings is 2. The number of methoxy groups -OCH3 is 1. The van der Waals surface area contributed by atoms with E-state index in [0.717, 1.165) is 0 Å². The summed E-state index contributed by atoms with van der Waals surface area (Å²) in [5, 5.41) is 2.31. The molecule has 0 bridgehead atoms. The molecule has 1 aliphatic rings. The summed E-state index contributed by atoms with van der Waals surface area (Å²) in [6, 6.07) is 10.8. The van der Waals surface area contributed by atoms with E-state index in [1.165, 1.54) is 29.6 Å². The highest BCUT2D eigenvalue weighted by Crippen LogP contribution is 2.29. The molecule has 206 valence electrons. The second kappa shape index (κ2) is 10.8. The van der Waals surface area contributed by atoms with Crippen molar-refractivity contribution in [3.8, 4) is 11.5 Å². The highest BCUT2D eigenvalue weighted by atomic mass is 32.2. The maximum atomic E-state index is 13.2. The number of nitrogens with zero attached hydrogens (tertiary/aromatic N) is 3. The number of nitrogens with one attached hydrogen (secondary N) is 1. The van der Waals surface area contributed by atoms with Gasteiger partial charge in [0.1, 0.15) is 11.5 Å². The smallest absolute Gasteiger partial charge is 0.497 e. The molecule has 13 heteroatoms. The molecule has 0 radical (unpaired) electrons. The van der Waals surface area contributed by atoms with Crippen molar-refractivity contribution in [2.75, 3.05) is 25.5 Å². The molecule has 9 nitrogen and oxygen atoms in total. The third kappa shape index (κ3) is 6.21. The summed E-state index contributed by atoms with van der Waals surface area (Å²) in [6.45, 7) is 3.85. The lowest BCUT2D eigenvalue weighted by molar-refractivity contribution is -0.274. The molecule has 4 rings (SSSR count). The van der Waals surface area contributed by atoms with E-state index >= 15 is 0 Å². The molecular weight excluding hydrogens is 525 g/mol. The second-order valence-electron chi connectivity index (χ2n) is 9.33. The van der Waals surface area contributed by atoms with Crippen LogP contribution >= 0.6 is 0 Å². The maximum absolute atomic E-state index is 13.2. The van der Waals surface area contributed by atoms with Crippen LogP contribution in [0.4, 0.5) is 19.1 Å². The summed E-state index contributed by atoms with van der Waals surface area (Å²) in [5.41, 5.74) is 1.67. The molecule has 38 heavy (non-hydrogen) atoms. The third-order valence-corrected chi connectivity index (χ3v) is 8.72. The van der Waals surface area contributed by atoms with Gasteiger partial charge in [-0.05, 0) is 56.5 Å². The van der Waals surface area contributed by atoms with Gasteiger partial charge in [0.05, 0.1) is 29.9 Å². The van der Waals surface area contributed by atoms with Crippen molar-refractivity contribution in [3.05, 3.63) is 48.0 Å². The van der Waals surface area contributed by atoms with E-state index in [9.17, 15) is 26.4 Å². The van der Waals surface area contributed by atoms with E-state index in [2.05, 4.69) is 15.0 Å². The molecule has 0 aliphatic carbocycles. The fourth-order valence-corrected chi connectivity index (χ4v) is 5.71. The van der Waals surface area contributed by atoms with Gasteiger partial charge in [-0.1, -0.05) is 12.1 Å². The molecule has 1 aromatic heterocycles. The molecule has 0 atom stereocenters. The summed E-state index contributed by atoms with van der Waals surface area (Å²) >= 11 is 0. The van der Waals surface area contributed by atoms with E-state index in [1.807, 2.05) is 0 Å². The summed E-state index contributed by atoms with van der Waals surface area (Å²) < 4.78 is 75.5. The van der Waals surface area contributed by atoms with Crippen molar-refractivity contribution in [3.63, 3.8) is 0 Å². The van der Waals surface area contributed by atoms with Gasteiger partial charge in [-0.3, -0.25) is 10.1 Å². The van der Waals surface area contributed by atoms with Crippen molar-refractivity contribution < 1.29 is 35.9 Å². The van der Waals surface area contributed by atoms with Gasteiger partial charge in [-0.2, -0.15) is 0 Å². The number of piperidine rings is 1. The van der Waals surface area contributed by atoms with Gasteiger partial charge in [0.2, 0.25) is 21.9 Å². The number of ether oxygens (including phenoxy) is 2. The molecule has 3 aromatic rings. The van der Waals surface area contributed by atoms with E-state index in [1.54, 1.807) is 42.7 Å². The van der Waals surface area contributed by atoms with Gasteiger partial charge < -0.3 is 14.0 Å². The Hall–Kier alpha value is -3.32. The number of anilines is 1. The summed E-state index contributed by atoms with van der Waals surface area (Å²) in [5.74, 6) is -0.295. The number of carbonyl (C=O) groups excluding carboxylic acids is 1. The quantitative estimate of drug-likeness (QED) is 0.444. The van der Waals surface area contributed by atoms with Crippen molar-refractivity contribution in [2.24, 2.45) is 5.92 Å². The van der Waals surface area contributed by atoms with Crippen LogP contribution in [0.25, 0.3) is 11.0 Å². The first-order chi connectivity index (χ1) is 17.9. The fourth-order valence-electron chi connectivity index (χ4n) is 4.40. The molecule has 1 fully saturated rings. The molecule has 0 unspecified atom stereocenters. The first-order valence-electron chi connectivity index (χ1n) is 12.1. The Kier molecular flexibility index (Phi) is 7.88. The van der Waals surface area contributed by atoms with Crippen molar-refractivity contribution >= 4 is 32.9 Å². The maximum Gasteiger partial charge on any atom is 0.573 e. The molecule has 1 N–H and O–H groups in total. The highest BCUT2D eigenvalue weighted by molar-refractivity contribution is 7.89. The number of fused-ring (bicyclic) bond motifs is 1. The van der Waals surface area contributed by atoms with Gasteiger partial charge in [-0.15, -0.1) is 13.2 Å². The van der Waals surface area contributed by atoms with Crippen LogP contribution in [0, 0.1) is 5.92 Å². The number of rotatable bonds is 8. The first kappa shape index (κ1) is 27.7. The number of hydrogen-bond donors (Lipinski definition) is 1. The summed E-state index contributed by atoms with van der Waals surface area (Å²) in [7, 11) is -1.88. The van der Waals surface area contributed by atoms with Crippen LogP contribution in [0.5, 0.6) is 11.5 Å². The topological polar surface area (TPSA) is 103 Å². The Labute approximate surface area is 218 Å². The molecule has 2 heterocycles. The van der Waals surface area contributed by atoms with Crippen LogP contribution in [0.3, 0.4) is 0 Å². The molecule has 1 aliphatic heterocycles. The monoisotopic (exact) mass is 554 g/mol. The van der Waals surface area contributed by atoms with E-state index in [4.69, 9.17) is 4.74 Å². The number of sulfonamides is 1. The van der Waals surface area contributed by atoms with Gasteiger partial charge in [0.25, 0.3) is 0 Å². The van der Waals surface area contributed by atoms with Crippen LogP contribution in [0.15, 0.2) is 42.5 Å². The molecule has 1 amide bonds. The lowest BCUT2D eigenvalue weighted by Crippen LogP contribution is -2.44. The first-order valence-corrected chi connectivity index (χ1v) is 13.6. The average Bonchev–Trinajstić information content (AvgIpc) is 3.18. The Balaban J connectivity index is 1.58. The Morgan fingerprint density at radius 3 is 2.47 bits per heavy atom. The number of alkyl halides is 3. The average molecular weight is 555 g/mol. The number of halogens is 3. The van der Waals surface area contributed by atoms with Crippen LogP contribution in [0.2, 0.25) is 0 Å². The van der Waals surface area contributed by atoms with Crippen molar-refractivity contribution in [2.45, 2.75) is 44.8 Å². The van der Waals surface area contributed by atoms with Gasteiger partial charge >= 0.3 is 6.36 Å². The molecule has 1 saturated heterocycles. The number of amides is 1. The Morgan fingerprint density at radius 1 is 1.13 bits per heavy atom. The van der Waals surface area contributed by atoms with Crippen LogP contribution in [0.1, 0.15) is 32.3 Å². The SMILES string of the molecule is COc1ccc2c(c1)nc(NC(=O)C1CCN(S(=O)(=O)C(C)C)CC1)n2Cc1cccc(OC(F)(F)F)c1. The Bertz CT molecular complexity index is 1410. The summed E-state index contributed by atoms with van der Waals surface area (Å²) in [6.07, 6.45) is -4.09.